The van der Waals surface area contributed by atoms with Crippen LogP contribution < -0.4 is 15.4 Å². The number of amides is 3. The third-order valence-electron chi connectivity index (χ3n) is 8.30. The Labute approximate surface area is 254 Å². The number of aromatic nitrogens is 2. The van der Waals surface area contributed by atoms with Crippen LogP contribution in [0.5, 0.6) is 5.75 Å². The topological polar surface area (TPSA) is 153 Å². The average Bonchev–Trinajstić information content (AvgIpc) is 3.55. The fraction of sp³-hybridized carbons (Fsp3) is 0.438. The Morgan fingerprint density at radius 3 is 2.50 bits per heavy atom. The molecule has 0 spiro atoms. The van der Waals surface area contributed by atoms with E-state index in [1.807, 2.05) is 19.1 Å². The van der Waals surface area contributed by atoms with Crippen LogP contribution in [0.2, 0.25) is 0 Å². The molecule has 0 radical (unpaired) electrons. The normalized spacial score (nSPS) is 21.2. The summed E-state index contributed by atoms with van der Waals surface area (Å²) in [6, 6.07) is 10.8. The van der Waals surface area contributed by atoms with Crippen LogP contribution in [0.25, 0.3) is 0 Å². The number of cyclic esters (lactones) is 1. The molecule has 3 amide bonds. The molecule has 4 heterocycles. The first-order valence-electron chi connectivity index (χ1n) is 15.0. The van der Waals surface area contributed by atoms with Gasteiger partial charge in [0, 0.05) is 19.1 Å². The number of piperidine rings is 1. The lowest BCUT2D eigenvalue weighted by molar-refractivity contribution is -0.138. The van der Waals surface area contributed by atoms with E-state index in [0.717, 1.165) is 18.4 Å². The van der Waals surface area contributed by atoms with Gasteiger partial charge in [0.1, 0.15) is 30.4 Å². The monoisotopic (exact) mass is 601 g/mol. The Kier molecular flexibility index (Phi) is 8.58. The standard InChI is InChI=1S/C32H35N5O7/c1-19(35-31(40)27-17-42-18-34-27)29(22-8-6-21(7-9-22)20-4-5-20)44-25-10-11-26(33-14-25)30(39)36-24-3-2-12-37(15-24)32(41)23-13-28(38)43-16-23/h6-11,14,17-20,23-24,29H,2-5,12-13,15-16H2,1H3,(H,35,40)(H,36,39)/t19-,23+,24-,29-/m0/s1. The van der Waals surface area contributed by atoms with E-state index in [1.54, 1.807) is 17.0 Å². The summed E-state index contributed by atoms with van der Waals surface area (Å²) in [4.78, 5) is 59.9. The van der Waals surface area contributed by atoms with Crippen molar-refractivity contribution in [1.29, 1.82) is 0 Å². The van der Waals surface area contributed by atoms with E-state index in [0.29, 0.717) is 24.8 Å². The van der Waals surface area contributed by atoms with Crippen molar-refractivity contribution < 1.29 is 33.1 Å². The lowest BCUT2D eigenvalue weighted by Gasteiger charge is -2.34. The SMILES string of the molecule is C[C@H](NC(=O)c1cocn1)[C@H](Oc1ccc(C(=O)N[C@H]2CCCN(C(=O)[C@H]3COC(=O)C3)C2)nc1)c1ccc(C2CC2)cc1. The maximum atomic E-state index is 13.0. The summed E-state index contributed by atoms with van der Waals surface area (Å²) in [5.74, 6) is -0.610. The van der Waals surface area contributed by atoms with Crippen molar-refractivity contribution >= 4 is 23.7 Å². The molecule has 0 unspecified atom stereocenters. The van der Waals surface area contributed by atoms with E-state index in [9.17, 15) is 19.2 Å². The number of likely N-dealkylation sites (tertiary alicyclic amines) is 1. The zero-order chi connectivity index (χ0) is 30.6. The molecule has 2 aromatic heterocycles. The van der Waals surface area contributed by atoms with Crippen LogP contribution in [-0.4, -0.2) is 70.3 Å². The molecule has 1 aliphatic carbocycles. The van der Waals surface area contributed by atoms with E-state index < -0.39 is 18.1 Å². The van der Waals surface area contributed by atoms with Gasteiger partial charge in [-0.15, -0.1) is 0 Å². The van der Waals surface area contributed by atoms with Crippen LogP contribution in [0.1, 0.15) is 83.2 Å². The number of carbonyl (C=O) groups excluding carboxylic acids is 4. The second-order valence-corrected chi connectivity index (χ2v) is 11.7. The number of rotatable bonds is 10. The summed E-state index contributed by atoms with van der Waals surface area (Å²) in [6.45, 7) is 2.92. The molecule has 1 aromatic carbocycles. The van der Waals surface area contributed by atoms with Crippen LogP contribution in [0.15, 0.2) is 59.7 Å². The fourth-order valence-electron chi connectivity index (χ4n) is 5.73. The van der Waals surface area contributed by atoms with Gasteiger partial charge >= 0.3 is 5.97 Å². The number of hydrogen-bond acceptors (Lipinski definition) is 9. The summed E-state index contributed by atoms with van der Waals surface area (Å²) in [5, 5.41) is 5.92. The first-order valence-corrected chi connectivity index (χ1v) is 15.0. The highest BCUT2D eigenvalue weighted by atomic mass is 16.5. The number of nitrogens with one attached hydrogen (secondary N) is 2. The van der Waals surface area contributed by atoms with Crippen molar-refractivity contribution in [1.82, 2.24) is 25.5 Å². The van der Waals surface area contributed by atoms with E-state index in [4.69, 9.17) is 13.9 Å². The van der Waals surface area contributed by atoms with Crippen LogP contribution >= 0.6 is 0 Å². The van der Waals surface area contributed by atoms with Gasteiger partial charge in [0.2, 0.25) is 5.91 Å². The molecular formula is C32H35N5O7. The van der Waals surface area contributed by atoms with Crippen molar-refractivity contribution in [2.45, 2.75) is 63.1 Å². The highest BCUT2D eigenvalue weighted by Crippen LogP contribution is 2.40. The van der Waals surface area contributed by atoms with Crippen LogP contribution in [0.3, 0.4) is 0 Å². The molecule has 230 valence electrons. The minimum atomic E-state index is -0.549. The zero-order valence-electron chi connectivity index (χ0n) is 24.4. The van der Waals surface area contributed by atoms with Gasteiger partial charge in [-0.3, -0.25) is 19.2 Å². The second kappa shape index (κ2) is 12.9. The molecule has 0 bridgehead atoms. The molecule has 12 heteroatoms. The molecule has 2 saturated heterocycles. The number of nitrogens with zero attached hydrogens (tertiary/aromatic N) is 3. The summed E-state index contributed by atoms with van der Waals surface area (Å²) < 4.78 is 16.2. The Hall–Kier alpha value is -4.74. The van der Waals surface area contributed by atoms with Gasteiger partial charge in [-0.1, -0.05) is 24.3 Å². The number of carbonyl (C=O) groups is 4. The van der Waals surface area contributed by atoms with Gasteiger partial charge in [0.05, 0.1) is 24.6 Å². The van der Waals surface area contributed by atoms with Crippen molar-refractivity contribution in [3.8, 4) is 5.75 Å². The third-order valence-corrected chi connectivity index (χ3v) is 8.30. The molecule has 3 fully saturated rings. The highest BCUT2D eigenvalue weighted by Gasteiger charge is 2.35. The lowest BCUT2D eigenvalue weighted by atomic mass is 10.00. The molecule has 12 nitrogen and oxygen atoms in total. The molecule has 1 saturated carbocycles. The lowest BCUT2D eigenvalue weighted by Crippen LogP contribution is -2.51. The zero-order valence-corrected chi connectivity index (χ0v) is 24.4. The van der Waals surface area contributed by atoms with Gasteiger partial charge < -0.3 is 29.4 Å². The number of esters is 1. The summed E-state index contributed by atoms with van der Waals surface area (Å²) in [7, 11) is 0. The minimum absolute atomic E-state index is 0.101. The predicted molar refractivity (Wildman–Crippen MR) is 156 cm³/mol. The van der Waals surface area contributed by atoms with Gasteiger partial charge in [-0.2, -0.15) is 0 Å². The fourth-order valence-corrected chi connectivity index (χ4v) is 5.73. The third kappa shape index (κ3) is 6.90. The maximum absolute atomic E-state index is 13.0. The second-order valence-electron chi connectivity index (χ2n) is 11.7. The van der Waals surface area contributed by atoms with E-state index in [-0.39, 0.29) is 54.1 Å². The Balaban J connectivity index is 1.09. The first-order chi connectivity index (χ1) is 21.3. The van der Waals surface area contributed by atoms with Gasteiger partial charge in [0.15, 0.2) is 12.1 Å². The summed E-state index contributed by atoms with van der Waals surface area (Å²) >= 11 is 0. The Bertz CT molecular complexity index is 1490. The van der Waals surface area contributed by atoms with Gasteiger partial charge in [0.25, 0.3) is 11.8 Å². The maximum Gasteiger partial charge on any atom is 0.306 e. The summed E-state index contributed by atoms with van der Waals surface area (Å²) in [6.07, 6.45) is 7.39. The Morgan fingerprint density at radius 1 is 1.02 bits per heavy atom. The number of ether oxygens (including phenoxy) is 2. The van der Waals surface area contributed by atoms with Crippen LogP contribution in [0.4, 0.5) is 0 Å². The number of hydrogen-bond donors (Lipinski definition) is 2. The average molecular weight is 602 g/mol. The first kappa shape index (κ1) is 29.3. The molecule has 4 atom stereocenters. The molecule has 6 rings (SSSR count). The van der Waals surface area contributed by atoms with Crippen molar-refractivity contribution in [2.75, 3.05) is 19.7 Å². The predicted octanol–water partition coefficient (Wildman–Crippen LogP) is 3.17. The molecule has 3 aromatic rings. The number of pyridine rings is 1. The summed E-state index contributed by atoms with van der Waals surface area (Å²) in [5.41, 5.74) is 2.56. The van der Waals surface area contributed by atoms with E-state index in [1.165, 1.54) is 37.3 Å². The van der Waals surface area contributed by atoms with Gasteiger partial charge in [-0.25, -0.2) is 9.97 Å². The van der Waals surface area contributed by atoms with Crippen molar-refractivity contribution in [3.63, 3.8) is 0 Å². The van der Waals surface area contributed by atoms with E-state index >= 15 is 0 Å². The van der Waals surface area contributed by atoms with Crippen molar-refractivity contribution in [3.05, 3.63) is 77.8 Å². The molecule has 3 aliphatic rings. The van der Waals surface area contributed by atoms with E-state index in [2.05, 4.69) is 32.7 Å². The van der Waals surface area contributed by atoms with Crippen LogP contribution in [0, 0.1) is 5.92 Å². The number of benzene rings is 1. The largest absolute Gasteiger partial charge is 0.482 e. The molecule has 2 aliphatic heterocycles. The van der Waals surface area contributed by atoms with Gasteiger partial charge in [-0.05, 0) is 61.8 Å². The number of oxazole rings is 1. The molecule has 2 N–H and O–H groups in total. The van der Waals surface area contributed by atoms with Crippen LogP contribution in [-0.2, 0) is 14.3 Å². The van der Waals surface area contributed by atoms with Crippen molar-refractivity contribution in [2.24, 2.45) is 5.92 Å². The smallest absolute Gasteiger partial charge is 0.306 e. The molecular weight excluding hydrogens is 566 g/mol. The quantitative estimate of drug-likeness (QED) is 0.334. The Morgan fingerprint density at radius 2 is 1.84 bits per heavy atom. The minimum Gasteiger partial charge on any atom is -0.482 e. The highest BCUT2D eigenvalue weighted by molar-refractivity contribution is 5.93. The molecule has 44 heavy (non-hydrogen) atoms.